The van der Waals surface area contributed by atoms with Gasteiger partial charge in [-0.05, 0) is 17.7 Å². The van der Waals surface area contributed by atoms with Gasteiger partial charge in [-0.3, -0.25) is 4.79 Å². The molecule has 5 nitrogen and oxygen atoms in total. The minimum absolute atomic E-state index is 0.263. The quantitative estimate of drug-likeness (QED) is 0.678. The summed E-state index contributed by atoms with van der Waals surface area (Å²) < 4.78 is 11.0. The molecule has 0 heterocycles. The fourth-order valence-corrected chi connectivity index (χ4v) is 1.94. The van der Waals surface area contributed by atoms with Crippen LogP contribution in [-0.4, -0.2) is 24.5 Å². The van der Waals surface area contributed by atoms with Crippen LogP contribution in [0, 0.1) is 11.8 Å². The van der Waals surface area contributed by atoms with Crippen LogP contribution in [0.2, 0.25) is 0 Å². The Hall–Kier alpha value is -3.26. The van der Waals surface area contributed by atoms with Crippen LogP contribution in [0.1, 0.15) is 21.5 Å². The van der Waals surface area contributed by atoms with Gasteiger partial charge in [-0.1, -0.05) is 36.3 Å². The second-order valence-corrected chi connectivity index (χ2v) is 4.55. The van der Waals surface area contributed by atoms with Gasteiger partial charge < -0.3 is 14.6 Å². The molecule has 2 aromatic rings. The van der Waals surface area contributed by atoms with E-state index >= 15 is 0 Å². The molecular formula is C18H14O5. The minimum Gasteiger partial charge on any atom is -0.493 e. The highest BCUT2D eigenvalue weighted by Crippen LogP contribution is 2.32. The Morgan fingerprint density at radius 2 is 2.00 bits per heavy atom. The fraction of sp³-hybridized carbons (Fsp3) is 0.111. The van der Waals surface area contributed by atoms with Crippen molar-refractivity contribution in [2.24, 2.45) is 0 Å². The molecule has 0 saturated carbocycles. The Kier molecular flexibility index (Phi) is 5.37. The van der Waals surface area contributed by atoms with Gasteiger partial charge in [0.2, 0.25) is 0 Å². The van der Waals surface area contributed by atoms with Crippen molar-refractivity contribution >= 4 is 12.3 Å². The topological polar surface area (TPSA) is 72.8 Å². The molecule has 0 unspecified atom stereocenters. The molecular weight excluding hydrogens is 296 g/mol. The standard InChI is InChI=1S/C18H14O5/c1-22-16-10-14(11-19)9-15(7-8-17(20)21)18(16)23-12-13-5-3-2-4-6-13/h2-6,9-11H,12H2,1H3,(H,20,21). The zero-order valence-electron chi connectivity index (χ0n) is 12.4. The van der Waals surface area contributed by atoms with E-state index in [1.165, 1.54) is 19.2 Å². The molecule has 0 aliphatic heterocycles. The van der Waals surface area contributed by atoms with Gasteiger partial charge in [0.1, 0.15) is 12.9 Å². The average Bonchev–Trinajstić information content (AvgIpc) is 2.58. The number of benzene rings is 2. The van der Waals surface area contributed by atoms with Crippen LogP contribution < -0.4 is 9.47 Å². The van der Waals surface area contributed by atoms with E-state index < -0.39 is 5.97 Å². The normalized spacial score (nSPS) is 9.43. The number of methoxy groups -OCH3 is 1. The Morgan fingerprint density at radius 1 is 1.26 bits per heavy atom. The van der Waals surface area contributed by atoms with Gasteiger partial charge in [-0.15, -0.1) is 0 Å². The van der Waals surface area contributed by atoms with E-state index in [0.29, 0.717) is 23.3 Å². The molecule has 2 rings (SSSR count). The third-order valence-electron chi connectivity index (χ3n) is 2.96. The van der Waals surface area contributed by atoms with E-state index in [0.717, 1.165) is 5.56 Å². The molecule has 2 aromatic carbocycles. The summed E-state index contributed by atoms with van der Waals surface area (Å²) in [4.78, 5) is 21.7. The van der Waals surface area contributed by atoms with Crippen LogP contribution in [-0.2, 0) is 11.4 Å². The highest BCUT2D eigenvalue weighted by molar-refractivity contribution is 5.88. The van der Waals surface area contributed by atoms with Crippen molar-refractivity contribution in [2.75, 3.05) is 7.11 Å². The van der Waals surface area contributed by atoms with Gasteiger partial charge in [-0.25, -0.2) is 4.79 Å². The molecule has 1 N–H and O–H groups in total. The molecule has 0 spiro atoms. The second-order valence-electron chi connectivity index (χ2n) is 4.55. The number of carbonyl (C=O) groups excluding carboxylic acids is 1. The number of hydrogen-bond donors (Lipinski definition) is 1. The van der Waals surface area contributed by atoms with Gasteiger partial charge in [0.15, 0.2) is 11.5 Å². The van der Waals surface area contributed by atoms with E-state index in [1.807, 2.05) is 36.3 Å². The van der Waals surface area contributed by atoms with Crippen LogP contribution in [0.15, 0.2) is 42.5 Å². The number of aldehydes is 1. The Morgan fingerprint density at radius 3 is 2.61 bits per heavy atom. The third-order valence-corrected chi connectivity index (χ3v) is 2.96. The fourth-order valence-electron chi connectivity index (χ4n) is 1.94. The lowest BCUT2D eigenvalue weighted by molar-refractivity contribution is -0.130. The molecule has 0 aliphatic rings. The van der Waals surface area contributed by atoms with Crippen LogP contribution in [0.25, 0.3) is 0 Å². The third kappa shape index (κ3) is 4.35. The average molecular weight is 310 g/mol. The predicted molar refractivity (Wildman–Crippen MR) is 83.7 cm³/mol. The van der Waals surface area contributed by atoms with Crippen molar-refractivity contribution in [1.82, 2.24) is 0 Å². The SMILES string of the molecule is COc1cc(C=O)cc(C#CC(=O)O)c1OCc1ccccc1. The molecule has 116 valence electrons. The molecule has 0 aliphatic carbocycles. The van der Waals surface area contributed by atoms with Gasteiger partial charge in [0, 0.05) is 11.5 Å². The number of carboxylic acid groups (broad SMARTS) is 1. The van der Waals surface area contributed by atoms with Gasteiger partial charge in [0.05, 0.1) is 12.7 Å². The van der Waals surface area contributed by atoms with Crippen LogP contribution in [0.3, 0.4) is 0 Å². The summed E-state index contributed by atoms with van der Waals surface area (Å²) in [6.45, 7) is 0.263. The van der Waals surface area contributed by atoms with Crippen molar-refractivity contribution < 1.29 is 24.2 Å². The lowest BCUT2D eigenvalue weighted by Gasteiger charge is -2.13. The van der Waals surface area contributed by atoms with E-state index in [1.54, 1.807) is 0 Å². The molecule has 0 atom stereocenters. The maximum atomic E-state index is 11.0. The number of rotatable bonds is 5. The van der Waals surface area contributed by atoms with Crippen molar-refractivity contribution in [3.8, 4) is 23.3 Å². The van der Waals surface area contributed by atoms with E-state index in [-0.39, 0.29) is 12.2 Å². The first kappa shape index (κ1) is 16.1. The largest absolute Gasteiger partial charge is 0.493 e. The molecule has 0 aromatic heterocycles. The number of aliphatic carboxylic acids is 1. The maximum Gasteiger partial charge on any atom is 0.382 e. The van der Waals surface area contributed by atoms with Crippen molar-refractivity contribution in [3.63, 3.8) is 0 Å². The lowest BCUT2D eigenvalue weighted by atomic mass is 10.1. The van der Waals surface area contributed by atoms with Crippen molar-refractivity contribution in [2.45, 2.75) is 6.61 Å². The Bertz CT molecular complexity index is 769. The molecule has 0 radical (unpaired) electrons. The van der Waals surface area contributed by atoms with E-state index in [2.05, 4.69) is 5.92 Å². The van der Waals surface area contributed by atoms with Gasteiger partial charge in [-0.2, -0.15) is 0 Å². The summed E-state index contributed by atoms with van der Waals surface area (Å²) in [5.41, 5.74) is 1.54. The molecule has 0 bridgehead atoms. The maximum absolute atomic E-state index is 11.0. The Labute approximate surface area is 133 Å². The van der Waals surface area contributed by atoms with Gasteiger partial charge >= 0.3 is 5.97 Å². The highest BCUT2D eigenvalue weighted by atomic mass is 16.5. The van der Waals surface area contributed by atoms with Crippen molar-refractivity contribution in [3.05, 3.63) is 59.2 Å². The number of carboxylic acids is 1. The zero-order chi connectivity index (χ0) is 16.7. The molecule has 0 saturated heterocycles. The molecule has 23 heavy (non-hydrogen) atoms. The smallest absolute Gasteiger partial charge is 0.382 e. The summed E-state index contributed by atoms with van der Waals surface area (Å²) in [6.07, 6.45) is 0.634. The van der Waals surface area contributed by atoms with Crippen LogP contribution in [0.5, 0.6) is 11.5 Å². The minimum atomic E-state index is -1.27. The monoisotopic (exact) mass is 310 g/mol. The van der Waals surface area contributed by atoms with Crippen molar-refractivity contribution in [1.29, 1.82) is 0 Å². The zero-order valence-corrected chi connectivity index (χ0v) is 12.4. The lowest BCUT2D eigenvalue weighted by Crippen LogP contribution is -2.01. The molecule has 0 amide bonds. The first-order chi connectivity index (χ1) is 11.1. The summed E-state index contributed by atoms with van der Waals surface area (Å²) in [6, 6.07) is 12.4. The van der Waals surface area contributed by atoms with E-state index in [9.17, 15) is 9.59 Å². The molecule has 0 fully saturated rings. The molecule has 5 heteroatoms. The Balaban J connectivity index is 2.40. The number of carbonyl (C=O) groups is 2. The highest BCUT2D eigenvalue weighted by Gasteiger charge is 2.12. The first-order valence-electron chi connectivity index (χ1n) is 6.73. The summed E-state index contributed by atoms with van der Waals surface area (Å²) in [5.74, 6) is 3.86. The summed E-state index contributed by atoms with van der Waals surface area (Å²) in [5, 5.41) is 8.71. The predicted octanol–water partition coefficient (Wildman–Crippen LogP) is 2.52. The van der Waals surface area contributed by atoms with E-state index in [4.69, 9.17) is 14.6 Å². The number of ether oxygens (including phenoxy) is 2. The summed E-state index contributed by atoms with van der Waals surface area (Å²) >= 11 is 0. The second kappa shape index (κ2) is 7.66. The number of hydrogen-bond acceptors (Lipinski definition) is 4. The van der Waals surface area contributed by atoms with Gasteiger partial charge in [0.25, 0.3) is 0 Å². The first-order valence-corrected chi connectivity index (χ1v) is 6.73. The van der Waals surface area contributed by atoms with Crippen LogP contribution >= 0.6 is 0 Å². The van der Waals surface area contributed by atoms with Crippen LogP contribution in [0.4, 0.5) is 0 Å². The summed E-state index contributed by atoms with van der Waals surface area (Å²) in [7, 11) is 1.44.